The summed E-state index contributed by atoms with van der Waals surface area (Å²) in [6.45, 7) is 9.13. The molecule has 1 saturated heterocycles. The topological polar surface area (TPSA) is 64.4 Å². The molecule has 0 amide bonds. The van der Waals surface area contributed by atoms with Crippen molar-refractivity contribution in [3.05, 3.63) is 33.9 Å². The van der Waals surface area contributed by atoms with Crippen LogP contribution in [0.15, 0.2) is 17.1 Å². The minimum absolute atomic E-state index is 0.0888. The smallest absolute Gasteiger partial charge is 0.343 e. The predicted molar refractivity (Wildman–Crippen MR) is 98.4 cm³/mol. The quantitative estimate of drug-likeness (QED) is 0.786. The van der Waals surface area contributed by atoms with Gasteiger partial charge in [-0.05, 0) is 46.6 Å². The van der Waals surface area contributed by atoms with Crippen LogP contribution < -0.4 is 10.3 Å². The Bertz CT molecular complexity index is 909. The van der Waals surface area contributed by atoms with Gasteiger partial charge in [-0.2, -0.15) is 0 Å². The van der Waals surface area contributed by atoms with Crippen molar-refractivity contribution in [3.63, 3.8) is 0 Å². The van der Waals surface area contributed by atoms with Crippen LogP contribution in [0.2, 0.25) is 0 Å². The maximum Gasteiger partial charge on any atom is 0.343 e. The Balaban J connectivity index is 2.31. The molecule has 1 aliphatic rings. The molecular weight excluding hydrogens is 337 g/mol. The maximum atomic E-state index is 14.7. The molecule has 0 saturated carbocycles. The molecular formula is C19H24FN3O3. The largest absolute Gasteiger partial charge is 0.462 e. The highest BCUT2D eigenvalue weighted by Crippen LogP contribution is 2.27. The summed E-state index contributed by atoms with van der Waals surface area (Å²) in [6, 6.07) is 1.20. The third kappa shape index (κ3) is 3.18. The second kappa shape index (κ2) is 6.70. The van der Waals surface area contributed by atoms with E-state index in [1.165, 1.54) is 12.3 Å². The van der Waals surface area contributed by atoms with E-state index in [1.807, 2.05) is 25.7 Å². The normalized spacial score (nSPS) is 14.9. The number of rotatable bonds is 3. The molecule has 0 spiro atoms. The van der Waals surface area contributed by atoms with E-state index in [1.54, 1.807) is 11.5 Å². The van der Waals surface area contributed by atoms with E-state index in [0.717, 1.165) is 25.9 Å². The van der Waals surface area contributed by atoms with Crippen LogP contribution in [0.3, 0.4) is 0 Å². The van der Waals surface area contributed by atoms with Crippen molar-refractivity contribution in [2.45, 2.75) is 46.1 Å². The molecule has 2 aromatic rings. The van der Waals surface area contributed by atoms with Gasteiger partial charge < -0.3 is 14.2 Å². The summed E-state index contributed by atoms with van der Waals surface area (Å²) in [4.78, 5) is 31.4. The molecule has 140 valence electrons. The summed E-state index contributed by atoms with van der Waals surface area (Å²) in [5, 5.41) is 0.0888. The molecule has 0 aromatic carbocycles. The minimum atomic E-state index is -0.707. The third-order valence-corrected chi connectivity index (χ3v) is 4.54. The first kappa shape index (κ1) is 18.4. The second-order valence-corrected chi connectivity index (χ2v) is 7.49. The van der Waals surface area contributed by atoms with Crippen LogP contribution in [0.25, 0.3) is 11.0 Å². The summed E-state index contributed by atoms with van der Waals surface area (Å²) < 4.78 is 21.4. The van der Waals surface area contributed by atoms with Gasteiger partial charge in [0, 0.05) is 24.8 Å². The SMILES string of the molecule is CCOC(=O)c1cn(C(C)(C)C)c2nc(N3CCCC3)c(F)cc2c1=O. The molecule has 0 N–H and O–H groups in total. The Labute approximate surface area is 151 Å². The number of carbonyl (C=O) groups is 1. The number of halogens is 1. The lowest BCUT2D eigenvalue weighted by molar-refractivity contribution is 0.0524. The van der Waals surface area contributed by atoms with Crippen LogP contribution >= 0.6 is 0 Å². The fourth-order valence-electron chi connectivity index (χ4n) is 3.23. The summed E-state index contributed by atoms with van der Waals surface area (Å²) >= 11 is 0. The Kier molecular flexibility index (Phi) is 4.73. The van der Waals surface area contributed by atoms with Gasteiger partial charge in [-0.1, -0.05) is 0 Å². The van der Waals surface area contributed by atoms with E-state index < -0.39 is 22.8 Å². The summed E-state index contributed by atoms with van der Waals surface area (Å²) in [5.41, 5.74) is -0.748. The second-order valence-electron chi connectivity index (χ2n) is 7.49. The van der Waals surface area contributed by atoms with Crippen molar-refractivity contribution in [3.8, 4) is 0 Å². The van der Waals surface area contributed by atoms with Crippen LogP contribution in [0, 0.1) is 5.82 Å². The first-order chi connectivity index (χ1) is 12.2. The van der Waals surface area contributed by atoms with Crippen LogP contribution in [-0.2, 0) is 10.3 Å². The number of aromatic nitrogens is 2. The molecule has 3 rings (SSSR count). The molecule has 2 aromatic heterocycles. The number of anilines is 1. The first-order valence-corrected chi connectivity index (χ1v) is 8.92. The molecule has 6 nitrogen and oxygen atoms in total. The summed E-state index contributed by atoms with van der Waals surface area (Å²) in [7, 11) is 0. The standard InChI is InChI=1S/C19H24FN3O3/c1-5-26-18(25)13-11-23(19(2,3)4)16-12(15(13)24)10-14(20)17(21-16)22-8-6-7-9-22/h10-11H,5-9H2,1-4H3. The highest BCUT2D eigenvalue weighted by molar-refractivity contribution is 5.93. The third-order valence-electron chi connectivity index (χ3n) is 4.54. The van der Waals surface area contributed by atoms with E-state index in [9.17, 15) is 14.0 Å². The zero-order valence-corrected chi connectivity index (χ0v) is 15.6. The fraction of sp³-hybridized carbons (Fsp3) is 0.526. The van der Waals surface area contributed by atoms with Gasteiger partial charge in [0.1, 0.15) is 11.2 Å². The average Bonchev–Trinajstić information content (AvgIpc) is 3.08. The van der Waals surface area contributed by atoms with E-state index in [-0.39, 0.29) is 23.4 Å². The van der Waals surface area contributed by atoms with E-state index >= 15 is 0 Å². The molecule has 26 heavy (non-hydrogen) atoms. The van der Waals surface area contributed by atoms with Gasteiger partial charge in [0.25, 0.3) is 0 Å². The highest BCUT2D eigenvalue weighted by atomic mass is 19.1. The molecule has 0 unspecified atom stereocenters. The van der Waals surface area contributed by atoms with Gasteiger partial charge >= 0.3 is 5.97 Å². The number of hydrogen-bond acceptors (Lipinski definition) is 5. The zero-order chi connectivity index (χ0) is 19.1. The minimum Gasteiger partial charge on any atom is -0.462 e. The van der Waals surface area contributed by atoms with Crippen LogP contribution in [0.4, 0.5) is 10.2 Å². The van der Waals surface area contributed by atoms with Crippen LogP contribution in [0.5, 0.6) is 0 Å². The summed E-state index contributed by atoms with van der Waals surface area (Å²) in [5.74, 6) is -0.990. The fourth-order valence-corrected chi connectivity index (χ4v) is 3.23. The van der Waals surface area contributed by atoms with Crippen molar-refractivity contribution in [1.82, 2.24) is 9.55 Å². The van der Waals surface area contributed by atoms with E-state index in [0.29, 0.717) is 5.65 Å². The number of ether oxygens (including phenoxy) is 1. The molecule has 0 bridgehead atoms. The highest BCUT2D eigenvalue weighted by Gasteiger charge is 2.26. The lowest BCUT2D eigenvalue weighted by Crippen LogP contribution is -2.30. The van der Waals surface area contributed by atoms with Crippen LogP contribution in [0.1, 0.15) is 50.9 Å². The van der Waals surface area contributed by atoms with Gasteiger partial charge in [-0.3, -0.25) is 4.79 Å². The number of carbonyl (C=O) groups excluding carboxylic acids is 1. The number of pyridine rings is 2. The van der Waals surface area contributed by atoms with Crippen molar-refractivity contribution < 1.29 is 13.9 Å². The predicted octanol–water partition coefficient (Wildman–Crippen LogP) is 3.07. The molecule has 0 aliphatic carbocycles. The number of fused-ring (bicyclic) bond motifs is 1. The van der Waals surface area contributed by atoms with Gasteiger partial charge in [-0.25, -0.2) is 14.2 Å². The number of hydrogen-bond donors (Lipinski definition) is 0. The molecule has 1 fully saturated rings. The lowest BCUT2D eigenvalue weighted by atomic mass is 10.1. The number of esters is 1. The molecule has 0 radical (unpaired) electrons. The van der Waals surface area contributed by atoms with Crippen molar-refractivity contribution >= 4 is 22.8 Å². The Morgan fingerprint density at radius 1 is 1.31 bits per heavy atom. The maximum absolute atomic E-state index is 14.7. The molecule has 3 heterocycles. The van der Waals surface area contributed by atoms with Crippen LogP contribution in [-0.4, -0.2) is 35.2 Å². The monoisotopic (exact) mass is 361 g/mol. The Hall–Kier alpha value is -2.44. The number of nitrogens with zero attached hydrogens (tertiary/aromatic N) is 3. The van der Waals surface area contributed by atoms with Gasteiger partial charge in [-0.15, -0.1) is 0 Å². The molecule has 1 aliphatic heterocycles. The van der Waals surface area contributed by atoms with Crippen molar-refractivity contribution in [2.75, 3.05) is 24.6 Å². The van der Waals surface area contributed by atoms with E-state index in [2.05, 4.69) is 4.98 Å². The van der Waals surface area contributed by atoms with Gasteiger partial charge in [0.05, 0.1) is 12.0 Å². The van der Waals surface area contributed by atoms with Gasteiger partial charge in [0.15, 0.2) is 11.6 Å². The summed E-state index contributed by atoms with van der Waals surface area (Å²) in [6.07, 6.45) is 3.46. The van der Waals surface area contributed by atoms with Gasteiger partial charge in [0.2, 0.25) is 5.43 Å². The Morgan fingerprint density at radius 3 is 2.54 bits per heavy atom. The lowest BCUT2D eigenvalue weighted by Gasteiger charge is -2.26. The molecule has 0 atom stereocenters. The average molecular weight is 361 g/mol. The van der Waals surface area contributed by atoms with E-state index in [4.69, 9.17) is 4.74 Å². The first-order valence-electron chi connectivity index (χ1n) is 8.92. The zero-order valence-electron chi connectivity index (χ0n) is 15.6. The van der Waals surface area contributed by atoms with Crippen molar-refractivity contribution in [1.29, 1.82) is 0 Å². The van der Waals surface area contributed by atoms with Crippen molar-refractivity contribution in [2.24, 2.45) is 0 Å². The molecule has 7 heteroatoms. The Morgan fingerprint density at radius 2 is 1.96 bits per heavy atom.